The van der Waals surface area contributed by atoms with Crippen LogP contribution in [0.1, 0.15) is 46.1 Å². The maximum Gasteiger partial charge on any atom is 0.191 e. The van der Waals surface area contributed by atoms with Crippen LogP contribution in [0, 0.1) is 0 Å². The minimum absolute atomic E-state index is 0.219. The molecule has 0 aliphatic heterocycles. The lowest BCUT2D eigenvalue weighted by Gasteiger charge is -2.36. The van der Waals surface area contributed by atoms with Gasteiger partial charge in [-0.15, -0.1) is 0 Å². The Morgan fingerprint density at radius 2 is 1.78 bits per heavy atom. The van der Waals surface area contributed by atoms with Gasteiger partial charge in [-0.05, 0) is 48.7 Å². The third kappa shape index (κ3) is 7.06. The van der Waals surface area contributed by atoms with E-state index in [0.29, 0.717) is 19.6 Å². The van der Waals surface area contributed by atoms with Gasteiger partial charge in [-0.25, -0.2) is 0 Å². The monoisotopic (exact) mass is 337 g/mol. The smallest absolute Gasteiger partial charge is 0.191 e. The number of benzene rings is 1. The van der Waals surface area contributed by atoms with Crippen molar-refractivity contribution >= 4 is 14.0 Å². The van der Waals surface area contributed by atoms with Gasteiger partial charge in [0.25, 0.3) is 0 Å². The van der Waals surface area contributed by atoms with Crippen molar-refractivity contribution in [2.24, 2.45) is 0 Å². The molecular weight excluding hydrogens is 302 g/mol. The number of hydrogen-bond donors (Lipinski definition) is 2. The topological polar surface area (TPSA) is 41.5 Å². The molecule has 1 atom stereocenters. The summed E-state index contributed by atoms with van der Waals surface area (Å²) in [7, 11) is -1.70. The van der Waals surface area contributed by atoms with Crippen LogP contribution in [0.2, 0.25) is 18.1 Å². The molecule has 0 aromatic heterocycles. The van der Waals surface area contributed by atoms with E-state index < -0.39 is 8.32 Å². The van der Waals surface area contributed by atoms with Crippen LogP contribution in [0.3, 0.4) is 0 Å². The molecule has 23 heavy (non-hydrogen) atoms. The minimum atomic E-state index is -1.70. The molecular formula is C19H35NO2Si. The molecule has 2 N–H and O–H groups in total. The van der Waals surface area contributed by atoms with E-state index in [4.69, 9.17) is 4.43 Å². The Morgan fingerprint density at radius 1 is 1.17 bits per heavy atom. The quantitative estimate of drug-likeness (QED) is 0.635. The average molecular weight is 338 g/mol. The molecule has 0 saturated heterocycles. The Balaban J connectivity index is 2.30. The predicted octanol–water partition coefficient (Wildman–Crippen LogP) is 4.82. The highest BCUT2D eigenvalue weighted by Gasteiger charge is 2.36. The normalized spacial score (nSPS) is 13.9. The fourth-order valence-corrected chi connectivity index (χ4v) is 3.14. The van der Waals surface area contributed by atoms with Crippen LogP contribution in [0.5, 0.6) is 0 Å². The first-order valence-corrected chi connectivity index (χ1v) is 11.7. The number of hydrogen-bond acceptors (Lipinski definition) is 3. The molecule has 0 saturated carbocycles. The van der Waals surface area contributed by atoms with Crippen LogP contribution in [-0.2, 0) is 10.8 Å². The van der Waals surface area contributed by atoms with Gasteiger partial charge < -0.3 is 14.8 Å². The third-order valence-corrected chi connectivity index (χ3v) is 9.29. The summed E-state index contributed by atoms with van der Waals surface area (Å²) in [5.41, 5.74) is 2.43. The zero-order chi connectivity index (χ0) is 17.5. The first kappa shape index (κ1) is 20.2. The van der Waals surface area contributed by atoms with Gasteiger partial charge in [0.05, 0.1) is 6.10 Å². The van der Waals surface area contributed by atoms with E-state index in [1.54, 1.807) is 0 Å². The van der Waals surface area contributed by atoms with Crippen LogP contribution in [0.15, 0.2) is 24.3 Å². The van der Waals surface area contributed by atoms with Crippen molar-refractivity contribution in [3.63, 3.8) is 0 Å². The van der Waals surface area contributed by atoms with Crippen molar-refractivity contribution in [1.82, 2.24) is 0 Å². The second-order valence-corrected chi connectivity index (χ2v) is 12.7. The van der Waals surface area contributed by atoms with Crippen LogP contribution >= 0.6 is 0 Å². The second-order valence-electron chi connectivity index (χ2n) is 7.88. The van der Waals surface area contributed by atoms with E-state index in [2.05, 4.69) is 70.4 Å². The van der Waals surface area contributed by atoms with E-state index in [1.807, 2.05) is 0 Å². The molecule has 3 nitrogen and oxygen atoms in total. The summed E-state index contributed by atoms with van der Waals surface area (Å²) in [6, 6.07) is 8.48. The molecule has 1 rings (SSSR count). The number of anilines is 1. The van der Waals surface area contributed by atoms with Gasteiger partial charge in [0.2, 0.25) is 0 Å². The van der Waals surface area contributed by atoms with Gasteiger partial charge in [-0.3, -0.25) is 0 Å². The number of aliphatic hydroxyl groups excluding tert-OH is 1. The highest BCUT2D eigenvalue weighted by molar-refractivity contribution is 6.74. The molecule has 0 radical (unpaired) electrons. The summed E-state index contributed by atoms with van der Waals surface area (Å²) < 4.78 is 6.11. The fourth-order valence-electron chi connectivity index (χ4n) is 2.08. The van der Waals surface area contributed by atoms with Crippen LogP contribution < -0.4 is 5.32 Å². The average Bonchev–Trinajstić information content (AvgIpc) is 2.45. The molecule has 0 spiro atoms. The summed E-state index contributed by atoms with van der Waals surface area (Å²) >= 11 is 0. The Morgan fingerprint density at radius 3 is 2.30 bits per heavy atom. The van der Waals surface area contributed by atoms with Crippen molar-refractivity contribution in [1.29, 1.82) is 0 Å². The Hall–Kier alpha value is -0.843. The van der Waals surface area contributed by atoms with E-state index in [9.17, 15) is 5.11 Å². The largest absolute Gasteiger partial charge is 0.417 e. The summed E-state index contributed by atoms with van der Waals surface area (Å²) in [6.45, 7) is 14.6. The van der Waals surface area contributed by atoms with Crippen molar-refractivity contribution < 1.29 is 9.53 Å². The van der Waals surface area contributed by atoms with Crippen molar-refractivity contribution in [2.45, 2.75) is 71.2 Å². The lowest BCUT2D eigenvalue weighted by atomic mass is 10.1. The molecule has 132 valence electrons. The highest BCUT2D eigenvalue weighted by Crippen LogP contribution is 2.36. The van der Waals surface area contributed by atoms with Gasteiger partial charge in [0.15, 0.2) is 8.32 Å². The van der Waals surface area contributed by atoms with Crippen LogP contribution in [0.4, 0.5) is 5.69 Å². The molecule has 0 aliphatic carbocycles. The lowest BCUT2D eigenvalue weighted by Crippen LogP contribution is -2.41. The van der Waals surface area contributed by atoms with Gasteiger partial charge in [0, 0.05) is 18.8 Å². The lowest BCUT2D eigenvalue weighted by molar-refractivity contribution is 0.145. The van der Waals surface area contributed by atoms with E-state index in [-0.39, 0.29) is 11.1 Å². The molecule has 1 aromatic rings. The van der Waals surface area contributed by atoms with Gasteiger partial charge in [0.1, 0.15) is 0 Å². The van der Waals surface area contributed by atoms with E-state index in [1.165, 1.54) is 12.0 Å². The van der Waals surface area contributed by atoms with E-state index in [0.717, 1.165) is 12.1 Å². The summed E-state index contributed by atoms with van der Waals surface area (Å²) in [5.74, 6) is 0. The zero-order valence-corrected chi connectivity index (χ0v) is 16.8. The standard InChI is InChI=1S/C19H35NO2Si/c1-7-8-16-9-11-17(12-10-16)20-15-18(21)13-14-22-23(5,6)19(2,3)4/h9-12,18,20-21H,7-8,13-15H2,1-6H3/t18-/m1/s1. The Kier molecular flexibility index (Phi) is 7.78. The SMILES string of the molecule is CCCc1ccc(NC[C@H](O)CCO[Si](C)(C)C(C)(C)C)cc1. The minimum Gasteiger partial charge on any atom is -0.417 e. The first-order chi connectivity index (χ1) is 10.7. The van der Waals surface area contributed by atoms with Crippen molar-refractivity contribution in [2.75, 3.05) is 18.5 Å². The van der Waals surface area contributed by atoms with Crippen molar-refractivity contribution in [3.05, 3.63) is 29.8 Å². The third-order valence-electron chi connectivity index (χ3n) is 4.75. The first-order valence-electron chi connectivity index (χ1n) is 8.80. The number of nitrogens with one attached hydrogen (secondary N) is 1. The van der Waals surface area contributed by atoms with Gasteiger partial charge >= 0.3 is 0 Å². The van der Waals surface area contributed by atoms with Crippen molar-refractivity contribution in [3.8, 4) is 0 Å². The van der Waals surface area contributed by atoms with Gasteiger partial charge in [-0.2, -0.15) is 0 Å². The summed E-state index contributed by atoms with van der Waals surface area (Å²) in [6.07, 6.45) is 2.58. The van der Waals surface area contributed by atoms with Crippen LogP contribution in [-0.4, -0.2) is 32.7 Å². The summed E-state index contributed by atoms with van der Waals surface area (Å²) in [5, 5.41) is 13.6. The molecule has 0 bridgehead atoms. The Bertz CT molecular complexity index is 451. The summed E-state index contributed by atoms with van der Waals surface area (Å²) in [4.78, 5) is 0. The maximum absolute atomic E-state index is 10.1. The molecule has 1 aromatic carbocycles. The second kappa shape index (κ2) is 8.86. The molecule has 0 aliphatic rings. The van der Waals surface area contributed by atoms with Crippen LogP contribution in [0.25, 0.3) is 0 Å². The zero-order valence-electron chi connectivity index (χ0n) is 15.8. The highest BCUT2D eigenvalue weighted by atomic mass is 28.4. The number of aliphatic hydroxyl groups is 1. The fraction of sp³-hybridized carbons (Fsp3) is 0.684. The van der Waals surface area contributed by atoms with E-state index >= 15 is 0 Å². The molecule has 0 unspecified atom stereocenters. The molecule has 0 heterocycles. The maximum atomic E-state index is 10.1. The predicted molar refractivity (Wildman–Crippen MR) is 103 cm³/mol. The molecule has 4 heteroatoms. The molecule has 0 fully saturated rings. The Labute approximate surface area is 143 Å². The van der Waals surface area contributed by atoms with Gasteiger partial charge in [-0.1, -0.05) is 46.2 Å². The molecule has 0 amide bonds. The number of rotatable bonds is 9. The number of aryl methyl sites for hydroxylation is 1.